The molecule has 172 valence electrons. The molecule has 7 nitrogen and oxygen atoms in total. The number of sulfonamides is 1. The van der Waals surface area contributed by atoms with Crippen molar-refractivity contribution in [1.82, 2.24) is 14.1 Å². The summed E-state index contributed by atoms with van der Waals surface area (Å²) in [5.74, 6) is -0.373. The lowest BCUT2D eigenvalue weighted by atomic mass is 10.1. The van der Waals surface area contributed by atoms with E-state index in [-0.39, 0.29) is 10.8 Å². The molecule has 5 rings (SSSR count). The molecule has 1 aromatic heterocycles. The smallest absolute Gasteiger partial charge is 0.276 e. The van der Waals surface area contributed by atoms with Gasteiger partial charge in [0.05, 0.1) is 11.4 Å². The number of carbonyl (C=O) groups excluding carboxylic acids is 1. The average Bonchev–Trinajstić information content (AvgIpc) is 3.43. The molecule has 0 saturated carbocycles. The minimum absolute atomic E-state index is 0.134. The molecule has 2 aromatic carbocycles. The molecular formula is C25H28N4O3S. The summed E-state index contributed by atoms with van der Waals surface area (Å²) in [5, 5.41) is 7.55. The van der Waals surface area contributed by atoms with Gasteiger partial charge in [-0.15, -0.1) is 0 Å². The highest BCUT2D eigenvalue weighted by atomic mass is 32.2. The van der Waals surface area contributed by atoms with Crippen LogP contribution in [0.2, 0.25) is 0 Å². The predicted octanol–water partition coefficient (Wildman–Crippen LogP) is 4.10. The fourth-order valence-corrected chi connectivity index (χ4v) is 6.51. The molecule has 1 N–H and O–H groups in total. The van der Waals surface area contributed by atoms with Crippen molar-refractivity contribution in [3.8, 4) is 5.69 Å². The SMILES string of the molecule is Cc1ccccc1-n1nc(C(=O)Nc2ccccc2S(=O)(=O)N2CCCCC2)c2c1CCC2. The number of nitrogens with one attached hydrogen (secondary N) is 1. The Balaban J connectivity index is 1.49. The van der Waals surface area contributed by atoms with Crippen molar-refractivity contribution in [2.75, 3.05) is 18.4 Å². The van der Waals surface area contributed by atoms with E-state index in [9.17, 15) is 13.2 Å². The second-order valence-electron chi connectivity index (χ2n) is 8.74. The van der Waals surface area contributed by atoms with Crippen LogP contribution in [0.15, 0.2) is 53.4 Å². The second-order valence-corrected chi connectivity index (χ2v) is 10.6. The van der Waals surface area contributed by atoms with Crippen LogP contribution in [0.4, 0.5) is 5.69 Å². The first-order valence-corrected chi connectivity index (χ1v) is 13.0. The third kappa shape index (κ3) is 3.98. The van der Waals surface area contributed by atoms with Crippen LogP contribution in [0.3, 0.4) is 0 Å². The Hall–Kier alpha value is -2.97. The van der Waals surface area contributed by atoms with E-state index >= 15 is 0 Å². The summed E-state index contributed by atoms with van der Waals surface area (Å²) in [6.07, 6.45) is 5.38. The second kappa shape index (κ2) is 8.76. The lowest BCUT2D eigenvalue weighted by molar-refractivity contribution is 0.102. The number of amides is 1. The van der Waals surface area contributed by atoms with Crippen molar-refractivity contribution in [2.45, 2.75) is 50.3 Å². The fourth-order valence-electron chi connectivity index (χ4n) is 4.84. The highest BCUT2D eigenvalue weighted by molar-refractivity contribution is 7.89. The Kier molecular flexibility index (Phi) is 5.80. The normalized spacial score (nSPS) is 16.5. The van der Waals surface area contributed by atoms with Crippen LogP contribution in [0, 0.1) is 6.92 Å². The number of piperidine rings is 1. The highest BCUT2D eigenvalue weighted by Gasteiger charge is 2.31. The zero-order valence-electron chi connectivity index (χ0n) is 18.8. The van der Waals surface area contributed by atoms with Crippen LogP contribution in [0.1, 0.15) is 53.0 Å². The van der Waals surface area contributed by atoms with Gasteiger partial charge in [-0.1, -0.05) is 36.8 Å². The molecular weight excluding hydrogens is 436 g/mol. The molecule has 0 spiro atoms. The molecule has 0 radical (unpaired) electrons. The molecule has 0 unspecified atom stereocenters. The zero-order chi connectivity index (χ0) is 23.0. The number of fused-ring (bicyclic) bond motifs is 1. The number of nitrogens with zero attached hydrogens (tertiary/aromatic N) is 3. The summed E-state index contributed by atoms with van der Waals surface area (Å²) in [7, 11) is -3.68. The number of anilines is 1. The van der Waals surface area contributed by atoms with E-state index in [1.807, 2.05) is 35.9 Å². The van der Waals surface area contributed by atoms with Gasteiger partial charge in [0.2, 0.25) is 10.0 Å². The van der Waals surface area contributed by atoms with Gasteiger partial charge in [0.15, 0.2) is 5.69 Å². The molecule has 1 fully saturated rings. The van der Waals surface area contributed by atoms with E-state index in [2.05, 4.69) is 10.4 Å². The van der Waals surface area contributed by atoms with Crippen LogP contribution in [0.25, 0.3) is 5.69 Å². The van der Waals surface area contributed by atoms with Crippen molar-refractivity contribution in [1.29, 1.82) is 0 Å². The van der Waals surface area contributed by atoms with Crippen LogP contribution in [-0.2, 0) is 22.9 Å². The maximum absolute atomic E-state index is 13.4. The van der Waals surface area contributed by atoms with Gasteiger partial charge in [-0.05, 0) is 62.8 Å². The largest absolute Gasteiger partial charge is 0.319 e. The first kappa shape index (κ1) is 21.9. The summed E-state index contributed by atoms with van der Waals surface area (Å²) in [5.41, 5.74) is 4.72. The van der Waals surface area contributed by atoms with E-state index in [4.69, 9.17) is 0 Å². The van der Waals surface area contributed by atoms with E-state index in [1.54, 1.807) is 24.3 Å². The minimum atomic E-state index is -3.68. The summed E-state index contributed by atoms with van der Waals surface area (Å²) in [6.45, 7) is 3.05. The molecule has 0 bridgehead atoms. The van der Waals surface area contributed by atoms with Crippen molar-refractivity contribution in [3.63, 3.8) is 0 Å². The van der Waals surface area contributed by atoms with Crippen molar-refractivity contribution < 1.29 is 13.2 Å². The fraction of sp³-hybridized carbons (Fsp3) is 0.360. The quantitative estimate of drug-likeness (QED) is 0.616. The number of hydrogen-bond donors (Lipinski definition) is 1. The topological polar surface area (TPSA) is 84.3 Å². The van der Waals surface area contributed by atoms with Gasteiger partial charge < -0.3 is 5.32 Å². The Labute approximate surface area is 194 Å². The molecule has 33 heavy (non-hydrogen) atoms. The molecule has 1 aliphatic heterocycles. The molecule has 2 aliphatic rings. The highest BCUT2D eigenvalue weighted by Crippen LogP contribution is 2.31. The predicted molar refractivity (Wildman–Crippen MR) is 127 cm³/mol. The summed E-state index contributed by atoms with van der Waals surface area (Å²) in [4.78, 5) is 13.5. The number of aryl methyl sites for hydroxylation is 1. The standard InChI is InChI=1S/C25H28N4O3S/c1-18-10-3-5-13-21(18)29-22-14-9-11-19(22)24(27-29)25(30)26-20-12-4-6-15-23(20)33(31,32)28-16-7-2-8-17-28/h3-6,10,12-13,15H,2,7-9,11,14,16-17H2,1H3,(H,26,30). The van der Waals surface area contributed by atoms with E-state index in [0.717, 1.165) is 61.0 Å². The molecule has 1 aliphatic carbocycles. The molecule has 8 heteroatoms. The van der Waals surface area contributed by atoms with E-state index < -0.39 is 10.0 Å². The van der Waals surface area contributed by atoms with Crippen LogP contribution in [0.5, 0.6) is 0 Å². The van der Waals surface area contributed by atoms with Crippen molar-refractivity contribution in [3.05, 3.63) is 71.0 Å². The number of benzene rings is 2. The number of para-hydroxylation sites is 2. The Bertz CT molecular complexity index is 1310. The Morgan fingerprint density at radius 3 is 2.45 bits per heavy atom. The van der Waals surface area contributed by atoms with Gasteiger partial charge in [0.25, 0.3) is 5.91 Å². The lowest BCUT2D eigenvalue weighted by Crippen LogP contribution is -2.36. The van der Waals surface area contributed by atoms with Crippen LogP contribution in [-0.4, -0.2) is 41.5 Å². The monoisotopic (exact) mass is 464 g/mol. The van der Waals surface area contributed by atoms with Gasteiger partial charge in [0, 0.05) is 24.3 Å². The van der Waals surface area contributed by atoms with Crippen LogP contribution < -0.4 is 5.32 Å². The number of carbonyl (C=O) groups is 1. The van der Waals surface area contributed by atoms with Crippen molar-refractivity contribution in [2.24, 2.45) is 0 Å². The number of aromatic nitrogens is 2. The maximum atomic E-state index is 13.4. The Morgan fingerprint density at radius 2 is 1.67 bits per heavy atom. The van der Waals surface area contributed by atoms with E-state index in [1.165, 1.54) is 4.31 Å². The minimum Gasteiger partial charge on any atom is -0.319 e. The molecule has 1 saturated heterocycles. The molecule has 2 heterocycles. The van der Waals surface area contributed by atoms with E-state index in [0.29, 0.717) is 24.5 Å². The Morgan fingerprint density at radius 1 is 0.939 bits per heavy atom. The summed E-state index contributed by atoms with van der Waals surface area (Å²) in [6, 6.07) is 14.6. The first-order valence-electron chi connectivity index (χ1n) is 11.5. The molecule has 3 aromatic rings. The van der Waals surface area contributed by atoms with Gasteiger partial charge in [0.1, 0.15) is 4.90 Å². The zero-order valence-corrected chi connectivity index (χ0v) is 19.6. The van der Waals surface area contributed by atoms with Crippen LogP contribution >= 0.6 is 0 Å². The van der Waals surface area contributed by atoms with Crippen molar-refractivity contribution >= 4 is 21.6 Å². The van der Waals surface area contributed by atoms with Gasteiger partial charge in [-0.2, -0.15) is 9.40 Å². The molecule has 1 amide bonds. The van der Waals surface area contributed by atoms with Gasteiger partial charge in [-0.3, -0.25) is 4.79 Å². The third-order valence-corrected chi connectivity index (χ3v) is 8.51. The summed E-state index contributed by atoms with van der Waals surface area (Å²) >= 11 is 0. The third-order valence-electron chi connectivity index (χ3n) is 6.56. The van der Waals surface area contributed by atoms with Gasteiger partial charge >= 0.3 is 0 Å². The van der Waals surface area contributed by atoms with Gasteiger partial charge in [-0.25, -0.2) is 13.1 Å². The maximum Gasteiger partial charge on any atom is 0.276 e. The average molecular weight is 465 g/mol. The molecule has 0 atom stereocenters. The number of rotatable bonds is 5. The summed E-state index contributed by atoms with van der Waals surface area (Å²) < 4.78 is 30.0. The number of hydrogen-bond acceptors (Lipinski definition) is 4. The first-order chi connectivity index (χ1) is 16.0. The lowest BCUT2D eigenvalue weighted by Gasteiger charge is -2.26.